The number of aryl methyl sites for hydroxylation is 1. The number of nitrogens with one attached hydrogen (secondary N) is 1. The van der Waals surface area contributed by atoms with Crippen LogP contribution in [0.2, 0.25) is 0 Å². The maximum atomic E-state index is 11.7. The van der Waals surface area contributed by atoms with E-state index in [4.69, 9.17) is 0 Å². The lowest BCUT2D eigenvalue weighted by atomic mass is 10.2. The minimum absolute atomic E-state index is 0.170. The lowest BCUT2D eigenvalue weighted by molar-refractivity contribution is -0.136. The van der Waals surface area contributed by atoms with E-state index < -0.39 is 6.04 Å². The van der Waals surface area contributed by atoms with Crippen LogP contribution in [0, 0.1) is 6.92 Å². The van der Waals surface area contributed by atoms with E-state index in [0.29, 0.717) is 5.82 Å². The highest BCUT2D eigenvalue weighted by molar-refractivity contribution is 9.10. The Morgan fingerprint density at radius 1 is 1.53 bits per heavy atom. The number of halogens is 1. The Bertz CT molecular complexity index is 490. The highest BCUT2D eigenvalue weighted by Crippen LogP contribution is 2.25. The molecule has 0 aliphatic carbocycles. The maximum absolute atomic E-state index is 11.7. The second kappa shape index (κ2) is 4.44. The van der Waals surface area contributed by atoms with Crippen molar-refractivity contribution in [2.45, 2.75) is 19.4 Å². The zero-order valence-corrected chi connectivity index (χ0v) is 11.1. The Hall–Kier alpha value is -1.43. The molecule has 1 atom stereocenters. The molecule has 5 nitrogen and oxygen atoms in total. The van der Waals surface area contributed by atoms with Gasteiger partial charge in [-0.1, -0.05) is 0 Å². The van der Waals surface area contributed by atoms with Crippen molar-refractivity contribution in [1.29, 1.82) is 0 Å². The Morgan fingerprint density at radius 2 is 2.24 bits per heavy atom. The van der Waals surface area contributed by atoms with Gasteiger partial charge in [-0.15, -0.1) is 0 Å². The number of imide groups is 1. The summed E-state index contributed by atoms with van der Waals surface area (Å²) >= 11 is 3.40. The highest BCUT2D eigenvalue weighted by Gasteiger charge is 2.36. The van der Waals surface area contributed by atoms with Crippen LogP contribution in [-0.4, -0.2) is 34.8 Å². The first-order valence-corrected chi connectivity index (χ1v) is 5.98. The van der Waals surface area contributed by atoms with Crippen LogP contribution in [0.15, 0.2) is 16.7 Å². The number of likely N-dealkylation sites (N-methyl/N-ethyl adjacent to an activating group) is 1. The van der Waals surface area contributed by atoms with Gasteiger partial charge in [0, 0.05) is 13.2 Å². The molecular formula is C11H12BrN3O2. The number of hydrogen-bond donors (Lipinski definition) is 1. The quantitative estimate of drug-likeness (QED) is 0.837. The van der Waals surface area contributed by atoms with Gasteiger partial charge in [-0.2, -0.15) is 0 Å². The molecule has 2 amide bonds. The molecule has 0 spiro atoms. The fourth-order valence-corrected chi connectivity index (χ4v) is 2.02. The van der Waals surface area contributed by atoms with Crippen LogP contribution in [0.5, 0.6) is 0 Å². The molecule has 6 heteroatoms. The van der Waals surface area contributed by atoms with Gasteiger partial charge >= 0.3 is 0 Å². The SMILES string of the molecule is Cc1ccnc(NC2CC(=O)N(C)C2=O)c1Br. The van der Waals surface area contributed by atoms with Crippen molar-refractivity contribution in [3.05, 3.63) is 22.3 Å². The van der Waals surface area contributed by atoms with Crippen molar-refractivity contribution in [2.75, 3.05) is 12.4 Å². The van der Waals surface area contributed by atoms with E-state index in [0.717, 1.165) is 14.9 Å². The molecule has 2 rings (SSSR count). The predicted molar refractivity (Wildman–Crippen MR) is 66.5 cm³/mol. The summed E-state index contributed by atoms with van der Waals surface area (Å²) in [6, 6.07) is 1.35. The van der Waals surface area contributed by atoms with E-state index in [1.165, 1.54) is 7.05 Å². The third-order valence-corrected chi connectivity index (χ3v) is 3.78. The van der Waals surface area contributed by atoms with Crippen molar-refractivity contribution in [3.63, 3.8) is 0 Å². The van der Waals surface area contributed by atoms with Crippen LogP contribution in [0.1, 0.15) is 12.0 Å². The standard InChI is InChI=1S/C11H12BrN3O2/c1-6-3-4-13-10(9(6)12)14-7-5-8(16)15(2)11(7)17/h3-4,7H,5H2,1-2H3,(H,13,14). The summed E-state index contributed by atoms with van der Waals surface area (Å²) in [5, 5.41) is 2.99. The van der Waals surface area contributed by atoms with Crippen LogP contribution in [0.4, 0.5) is 5.82 Å². The number of hydrogen-bond acceptors (Lipinski definition) is 4. The Kier molecular flexibility index (Phi) is 3.15. The lowest BCUT2D eigenvalue weighted by Crippen LogP contribution is -2.32. The van der Waals surface area contributed by atoms with Crippen molar-refractivity contribution < 1.29 is 9.59 Å². The van der Waals surface area contributed by atoms with Gasteiger partial charge in [0.05, 0.1) is 10.9 Å². The van der Waals surface area contributed by atoms with Crippen LogP contribution >= 0.6 is 15.9 Å². The van der Waals surface area contributed by atoms with E-state index >= 15 is 0 Å². The molecule has 90 valence electrons. The van der Waals surface area contributed by atoms with E-state index in [-0.39, 0.29) is 18.2 Å². The fourth-order valence-electron chi connectivity index (χ4n) is 1.67. The van der Waals surface area contributed by atoms with Gasteiger partial charge in [0.15, 0.2) is 0 Å². The van der Waals surface area contributed by atoms with E-state index in [9.17, 15) is 9.59 Å². The van der Waals surface area contributed by atoms with Crippen LogP contribution in [0.3, 0.4) is 0 Å². The summed E-state index contributed by atoms with van der Waals surface area (Å²) in [5.74, 6) is 0.202. The Morgan fingerprint density at radius 3 is 2.82 bits per heavy atom. The number of likely N-dealkylation sites (tertiary alicyclic amines) is 1. The zero-order valence-electron chi connectivity index (χ0n) is 9.53. The predicted octanol–water partition coefficient (Wildman–Crippen LogP) is 1.32. The number of aromatic nitrogens is 1. The minimum Gasteiger partial charge on any atom is -0.357 e. The van der Waals surface area contributed by atoms with Crippen LogP contribution in [-0.2, 0) is 9.59 Å². The molecule has 1 aliphatic heterocycles. The summed E-state index contributed by atoms with van der Waals surface area (Å²) in [5.41, 5.74) is 1.02. The molecule has 1 N–H and O–H groups in total. The molecule has 2 heterocycles. The Labute approximate surface area is 107 Å². The maximum Gasteiger partial charge on any atom is 0.251 e. The lowest BCUT2D eigenvalue weighted by Gasteiger charge is -2.13. The monoisotopic (exact) mass is 297 g/mol. The molecule has 1 saturated heterocycles. The average Bonchev–Trinajstić information content (AvgIpc) is 2.53. The molecule has 0 saturated carbocycles. The molecule has 1 fully saturated rings. The summed E-state index contributed by atoms with van der Waals surface area (Å²) in [6.45, 7) is 1.94. The van der Waals surface area contributed by atoms with Gasteiger partial charge in [0.25, 0.3) is 5.91 Å². The van der Waals surface area contributed by atoms with Gasteiger partial charge in [0.2, 0.25) is 5.91 Å². The molecule has 1 aromatic heterocycles. The molecular weight excluding hydrogens is 286 g/mol. The molecule has 0 aromatic carbocycles. The average molecular weight is 298 g/mol. The smallest absolute Gasteiger partial charge is 0.251 e. The third-order valence-electron chi connectivity index (χ3n) is 2.77. The second-order valence-corrected chi connectivity index (χ2v) is 4.78. The second-order valence-electron chi connectivity index (χ2n) is 3.98. The highest BCUT2D eigenvalue weighted by atomic mass is 79.9. The third kappa shape index (κ3) is 2.17. The fraction of sp³-hybridized carbons (Fsp3) is 0.364. The number of rotatable bonds is 2. The number of carbonyl (C=O) groups excluding carboxylic acids is 2. The first kappa shape index (κ1) is 12.0. The number of carbonyl (C=O) groups is 2. The zero-order chi connectivity index (χ0) is 12.6. The molecule has 1 unspecified atom stereocenters. The van der Waals surface area contributed by atoms with Crippen molar-refractivity contribution in [3.8, 4) is 0 Å². The summed E-state index contributed by atoms with van der Waals surface area (Å²) in [6.07, 6.45) is 1.84. The van der Waals surface area contributed by atoms with E-state index in [1.807, 2.05) is 13.0 Å². The summed E-state index contributed by atoms with van der Waals surface area (Å²) < 4.78 is 0.815. The van der Waals surface area contributed by atoms with E-state index in [1.54, 1.807) is 6.20 Å². The van der Waals surface area contributed by atoms with Gasteiger partial charge < -0.3 is 5.32 Å². The number of pyridine rings is 1. The molecule has 17 heavy (non-hydrogen) atoms. The van der Waals surface area contributed by atoms with Gasteiger partial charge in [0.1, 0.15) is 11.9 Å². The summed E-state index contributed by atoms with van der Waals surface area (Å²) in [7, 11) is 1.49. The van der Waals surface area contributed by atoms with Crippen molar-refractivity contribution in [2.24, 2.45) is 0 Å². The first-order valence-electron chi connectivity index (χ1n) is 5.18. The molecule has 0 radical (unpaired) electrons. The minimum atomic E-state index is -0.516. The van der Waals surface area contributed by atoms with Crippen molar-refractivity contribution >= 4 is 33.6 Å². The van der Waals surface area contributed by atoms with E-state index in [2.05, 4.69) is 26.2 Å². The van der Waals surface area contributed by atoms with Gasteiger partial charge in [-0.05, 0) is 34.5 Å². The number of nitrogens with zero attached hydrogens (tertiary/aromatic N) is 2. The number of anilines is 1. The van der Waals surface area contributed by atoms with Crippen LogP contribution < -0.4 is 5.32 Å². The van der Waals surface area contributed by atoms with Crippen molar-refractivity contribution in [1.82, 2.24) is 9.88 Å². The summed E-state index contributed by atoms with van der Waals surface area (Å²) in [4.78, 5) is 28.4. The first-order chi connectivity index (χ1) is 8.00. The Balaban J connectivity index is 2.20. The largest absolute Gasteiger partial charge is 0.357 e. The molecule has 0 bridgehead atoms. The van der Waals surface area contributed by atoms with Crippen LogP contribution in [0.25, 0.3) is 0 Å². The topological polar surface area (TPSA) is 62.3 Å². The molecule has 1 aromatic rings. The normalized spacial score (nSPS) is 19.9. The van der Waals surface area contributed by atoms with Gasteiger partial charge in [-0.25, -0.2) is 4.98 Å². The van der Waals surface area contributed by atoms with Gasteiger partial charge in [-0.3, -0.25) is 14.5 Å². The molecule has 1 aliphatic rings. The number of amides is 2.